The highest BCUT2D eigenvalue weighted by Gasteiger charge is 2.10. The molecule has 0 bridgehead atoms. The second kappa shape index (κ2) is 4.69. The minimum absolute atomic E-state index is 0.106. The molecule has 0 aliphatic rings. The Balaban J connectivity index is 2.63. The summed E-state index contributed by atoms with van der Waals surface area (Å²) in [5.41, 5.74) is 5.01. The molecule has 18 heavy (non-hydrogen) atoms. The van der Waals surface area contributed by atoms with E-state index >= 15 is 0 Å². The fraction of sp³-hybridized carbons (Fsp3) is 0.267. The number of hydrogen-bond acceptors (Lipinski definition) is 3. The Morgan fingerprint density at radius 3 is 2.44 bits per heavy atom. The molecule has 0 aliphatic heterocycles. The predicted molar refractivity (Wildman–Crippen MR) is 71.7 cm³/mol. The molecule has 0 fully saturated rings. The van der Waals surface area contributed by atoms with Gasteiger partial charge in [-0.05, 0) is 38.5 Å². The van der Waals surface area contributed by atoms with Gasteiger partial charge in [0.25, 0.3) is 0 Å². The molecular formula is C15H16N2O. The van der Waals surface area contributed by atoms with Crippen molar-refractivity contribution in [3.05, 3.63) is 46.9 Å². The van der Waals surface area contributed by atoms with E-state index in [1.165, 1.54) is 12.5 Å². The third kappa shape index (κ3) is 2.45. The Morgan fingerprint density at radius 1 is 1.06 bits per heavy atom. The van der Waals surface area contributed by atoms with Crippen LogP contribution in [-0.4, -0.2) is 15.8 Å². The summed E-state index contributed by atoms with van der Waals surface area (Å²) in [6, 6.07) is 8.13. The summed E-state index contributed by atoms with van der Waals surface area (Å²) >= 11 is 0. The maximum atomic E-state index is 11.4. The van der Waals surface area contributed by atoms with Crippen molar-refractivity contribution < 1.29 is 4.79 Å². The van der Waals surface area contributed by atoms with Crippen molar-refractivity contribution in [3.63, 3.8) is 0 Å². The molecule has 2 aromatic rings. The standard InChI is InChI=1S/C15H16N2O/c1-9-5-6-10(2)13(7-9)14-8-11(3)16-15(17-14)12(4)18/h5-8H,1-4H3. The normalized spacial score (nSPS) is 10.4. The predicted octanol–water partition coefficient (Wildman–Crippen LogP) is 3.27. The van der Waals surface area contributed by atoms with Gasteiger partial charge in [0.15, 0.2) is 11.6 Å². The largest absolute Gasteiger partial charge is 0.291 e. The smallest absolute Gasteiger partial charge is 0.196 e. The summed E-state index contributed by atoms with van der Waals surface area (Å²) in [6.45, 7) is 7.45. The van der Waals surface area contributed by atoms with E-state index in [4.69, 9.17) is 0 Å². The van der Waals surface area contributed by atoms with E-state index in [0.717, 1.165) is 22.5 Å². The van der Waals surface area contributed by atoms with Crippen molar-refractivity contribution in [2.45, 2.75) is 27.7 Å². The first-order valence-corrected chi connectivity index (χ1v) is 5.91. The van der Waals surface area contributed by atoms with Crippen LogP contribution < -0.4 is 0 Å². The highest BCUT2D eigenvalue weighted by atomic mass is 16.1. The van der Waals surface area contributed by atoms with Crippen LogP contribution in [0.3, 0.4) is 0 Å². The molecule has 0 aliphatic carbocycles. The van der Waals surface area contributed by atoms with Gasteiger partial charge in [-0.15, -0.1) is 0 Å². The molecule has 0 radical (unpaired) electrons. The van der Waals surface area contributed by atoms with Gasteiger partial charge in [-0.25, -0.2) is 9.97 Å². The van der Waals surface area contributed by atoms with E-state index in [9.17, 15) is 4.79 Å². The quantitative estimate of drug-likeness (QED) is 0.756. The van der Waals surface area contributed by atoms with Gasteiger partial charge in [-0.1, -0.05) is 17.7 Å². The molecule has 2 rings (SSSR count). The van der Waals surface area contributed by atoms with Crippen LogP contribution in [0.5, 0.6) is 0 Å². The molecule has 0 saturated carbocycles. The average molecular weight is 240 g/mol. The zero-order valence-electron chi connectivity index (χ0n) is 11.1. The zero-order chi connectivity index (χ0) is 13.3. The molecule has 0 saturated heterocycles. The molecule has 92 valence electrons. The van der Waals surface area contributed by atoms with Gasteiger partial charge < -0.3 is 0 Å². The van der Waals surface area contributed by atoms with Crippen LogP contribution in [0.4, 0.5) is 0 Å². The van der Waals surface area contributed by atoms with Gasteiger partial charge in [0.2, 0.25) is 0 Å². The van der Waals surface area contributed by atoms with E-state index in [0.29, 0.717) is 0 Å². The monoisotopic (exact) mass is 240 g/mol. The van der Waals surface area contributed by atoms with Gasteiger partial charge in [-0.2, -0.15) is 0 Å². The first-order valence-electron chi connectivity index (χ1n) is 5.91. The lowest BCUT2D eigenvalue weighted by Crippen LogP contribution is -2.04. The number of hydrogen-bond donors (Lipinski definition) is 0. The number of carbonyl (C=O) groups is 1. The second-order valence-electron chi connectivity index (χ2n) is 4.59. The second-order valence-corrected chi connectivity index (χ2v) is 4.59. The van der Waals surface area contributed by atoms with E-state index in [2.05, 4.69) is 28.2 Å². The molecule has 1 aromatic heterocycles. The Hall–Kier alpha value is -2.03. The van der Waals surface area contributed by atoms with E-state index in [1.54, 1.807) is 0 Å². The van der Waals surface area contributed by atoms with Crippen LogP contribution in [0, 0.1) is 20.8 Å². The number of nitrogens with zero attached hydrogens (tertiary/aromatic N) is 2. The summed E-state index contributed by atoms with van der Waals surface area (Å²) in [5, 5.41) is 0. The molecule has 3 heteroatoms. The topological polar surface area (TPSA) is 42.9 Å². The summed E-state index contributed by atoms with van der Waals surface area (Å²) in [6.07, 6.45) is 0. The Kier molecular flexibility index (Phi) is 3.24. The number of aryl methyl sites for hydroxylation is 3. The summed E-state index contributed by atoms with van der Waals surface area (Å²) in [7, 11) is 0. The van der Waals surface area contributed by atoms with Crippen LogP contribution in [0.25, 0.3) is 11.3 Å². The molecule has 0 N–H and O–H groups in total. The van der Waals surface area contributed by atoms with Crippen LogP contribution in [0.15, 0.2) is 24.3 Å². The minimum atomic E-state index is -0.106. The molecule has 0 atom stereocenters. The number of aromatic nitrogens is 2. The van der Waals surface area contributed by atoms with Crippen molar-refractivity contribution in [1.29, 1.82) is 0 Å². The lowest BCUT2D eigenvalue weighted by atomic mass is 10.0. The molecule has 1 aromatic carbocycles. The van der Waals surface area contributed by atoms with Crippen LogP contribution >= 0.6 is 0 Å². The summed E-state index contributed by atoms with van der Waals surface area (Å²) < 4.78 is 0. The van der Waals surface area contributed by atoms with Gasteiger partial charge in [0.1, 0.15) is 0 Å². The van der Waals surface area contributed by atoms with E-state index in [-0.39, 0.29) is 11.6 Å². The SMILES string of the molecule is CC(=O)c1nc(C)cc(-c2cc(C)ccc2C)n1. The fourth-order valence-corrected chi connectivity index (χ4v) is 1.88. The molecule has 0 spiro atoms. The molecule has 0 amide bonds. The zero-order valence-corrected chi connectivity index (χ0v) is 11.1. The number of Topliss-reactive ketones (excluding diaryl/α,β-unsaturated/α-hetero) is 1. The maximum absolute atomic E-state index is 11.4. The molecular weight excluding hydrogens is 224 g/mol. The Bertz CT molecular complexity index is 618. The van der Waals surface area contributed by atoms with Crippen molar-refractivity contribution in [1.82, 2.24) is 9.97 Å². The average Bonchev–Trinajstić information content (AvgIpc) is 2.31. The maximum Gasteiger partial charge on any atom is 0.196 e. The van der Waals surface area contributed by atoms with Crippen molar-refractivity contribution in [2.24, 2.45) is 0 Å². The lowest BCUT2D eigenvalue weighted by Gasteiger charge is -2.08. The summed E-state index contributed by atoms with van der Waals surface area (Å²) in [4.78, 5) is 19.9. The molecule has 1 heterocycles. The van der Waals surface area contributed by atoms with Gasteiger partial charge in [0, 0.05) is 18.2 Å². The summed E-state index contributed by atoms with van der Waals surface area (Å²) in [5.74, 6) is 0.177. The van der Waals surface area contributed by atoms with Crippen LogP contribution in [0.2, 0.25) is 0 Å². The Morgan fingerprint density at radius 2 is 1.78 bits per heavy atom. The number of rotatable bonds is 2. The van der Waals surface area contributed by atoms with E-state index in [1.807, 2.05) is 26.8 Å². The fourth-order valence-electron chi connectivity index (χ4n) is 1.88. The van der Waals surface area contributed by atoms with Crippen LogP contribution in [0.1, 0.15) is 34.4 Å². The molecule has 0 unspecified atom stereocenters. The van der Waals surface area contributed by atoms with Gasteiger partial charge in [-0.3, -0.25) is 4.79 Å². The third-order valence-electron chi connectivity index (χ3n) is 2.84. The van der Waals surface area contributed by atoms with Gasteiger partial charge in [0.05, 0.1) is 5.69 Å². The van der Waals surface area contributed by atoms with Crippen molar-refractivity contribution >= 4 is 5.78 Å². The number of carbonyl (C=O) groups excluding carboxylic acids is 1. The minimum Gasteiger partial charge on any atom is -0.291 e. The third-order valence-corrected chi connectivity index (χ3v) is 2.84. The van der Waals surface area contributed by atoms with Crippen molar-refractivity contribution in [2.75, 3.05) is 0 Å². The number of ketones is 1. The first-order chi connectivity index (χ1) is 8.47. The first kappa shape index (κ1) is 12.4. The van der Waals surface area contributed by atoms with Gasteiger partial charge >= 0.3 is 0 Å². The lowest BCUT2D eigenvalue weighted by molar-refractivity contribution is 0.100. The highest BCUT2D eigenvalue weighted by molar-refractivity contribution is 5.90. The molecule has 3 nitrogen and oxygen atoms in total. The Labute approximate surface area is 107 Å². The van der Waals surface area contributed by atoms with E-state index < -0.39 is 0 Å². The van der Waals surface area contributed by atoms with Crippen LogP contribution in [-0.2, 0) is 0 Å². The van der Waals surface area contributed by atoms with Crippen molar-refractivity contribution in [3.8, 4) is 11.3 Å². The number of benzene rings is 1. The highest BCUT2D eigenvalue weighted by Crippen LogP contribution is 2.23.